The van der Waals surface area contributed by atoms with Crippen LogP contribution in [0.3, 0.4) is 0 Å². The Kier molecular flexibility index (Phi) is 2.53. The Balaban J connectivity index is 3.91. The maximum atomic E-state index is 10.1. The fraction of sp³-hybridized carbons (Fsp3) is 0.667. The summed E-state index contributed by atoms with van der Waals surface area (Å²) in [6.45, 7) is 0. The van der Waals surface area contributed by atoms with Crippen molar-refractivity contribution in [3.63, 3.8) is 0 Å². The number of nitrogens with two attached hydrogens (primary N) is 1. The standard InChI is InChI=1S/C3H5Cl2NO2/c1-8-3(4,5)2(6)7/h1H3,(H2,6,7). The highest BCUT2D eigenvalue weighted by Gasteiger charge is 2.30. The van der Waals surface area contributed by atoms with E-state index in [1.165, 1.54) is 7.11 Å². The molecule has 0 unspecified atom stereocenters. The Morgan fingerprint density at radius 1 is 1.75 bits per heavy atom. The summed E-state index contributed by atoms with van der Waals surface area (Å²) in [4.78, 5) is 10.1. The number of halogens is 2. The van der Waals surface area contributed by atoms with E-state index >= 15 is 0 Å². The molecule has 1 amide bonds. The van der Waals surface area contributed by atoms with Crippen molar-refractivity contribution in [1.29, 1.82) is 0 Å². The quantitative estimate of drug-likeness (QED) is 0.585. The Hall–Kier alpha value is 0.01000. The number of hydrogen-bond acceptors (Lipinski definition) is 2. The first-order valence-electron chi connectivity index (χ1n) is 1.73. The smallest absolute Gasteiger partial charge is 0.298 e. The zero-order valence-corrected chi connectivity index (χ0v) is 5.66. The van der Waals surface area contributed by atoms with Gasteiger partial charge in [-0.15, -0.1) is 0 Å². The number of ether oxygens (including phenoxy) is 1. The highest BCUT2D eigenvalue weighted by atomic mass is 35.5. The van der Waals surface area contributed by atoms with Crippen LogP contribution in [0.2, 0.25) is 0 Å². The van der Waals surface area contributed by atoms with Crippen molar-refractivity contribution in [2.24, 2.45) is 5.73 Å². The van der Waals surface area contributed by atoms with E-state index in [1.807, 2.05) is 0 Å². The van der Waals surface area contributed by atoms with Gasteiger partial charge in [-0.3, -0.25) is 4.79 Å². The molecule has 3 nitrogen and oxygen atoms in total. The molecule has 8 heavy (non-hydrogen) atoms. The molecular weight excluding hydrogens is 153 g/mol. The summed E-state index contributed by atoms with van der Waals surface area (Å²) in [5.74, 6) is -0.914. The summed E-state index contributed by atoms with van der Waals surface area (Å²) >= 11 is 10.2. The Morgan fingerprint density at radius 3 is 2.12 bits per heavy atom. The van der Waals surface area contributed by atoms with Gasteiger partial charge in [-0.2, -0.15) is 0 Å². The molecule has 0 aromatic carbocycles. The van der Waals surface area contributed by atoms with E-state index in [0.29, 0.717) is 0 Å². The molecule has 0 aromatic rings. The van der Waals surface area contributed by atoms with E-state index in [-0.39, 0.29) is 0 Å². The summed E-state index contributed by atoms with van der Waals surface area (Å²) in [6, 6.07) is 0. The fourth-order valence-electron chi connectivity index (χ4n) is 0.101. The molecular formula is C3H5Cl2NO2. The summed E-state index contributed by atoms with van der Waals surface area (Å²) in [6.07, 6.45) is 0. The summed E-state index contributed by atoms with van der Waals surface area (Å²) in [5, 5.41) is 0. The Labute approximate surface area is 56.7 Å². The maximum absolute atomic E-state index is 10.1. The lowest BCUT2D eigenvalue weighted by atomic mass is 10.7. The third-order valence-electron chi connectivity index (χ3n) is 0.543. The lowest BCUT2D eigenvalue weighted by Crippen LogP contribution is -2.34. The minimum Gasteiger partial charge on any atom is -0.365 e. The molecule has 0 heterocycles. The molecule has 0 rings (SSSR count). The molecule has 5 heteroatoms. The Bertz CT molecular complexity index is 103. The molecule has 0 aliphatic rings. The molecule has 48 valence electrons. The summed E-state index contributed by atoms with van der Waals surface area (Å²) in [5.41, 5.74) is 4.65. The van der Waals surface area contributed by atoms with Crippen LogP contribution < -0.4 is 5.73 Å². The first-order valence-corrected chi connectivity index (χ1v) is 2.49. The van der Waals surface area contributed by atoms with Crippen molar-refractivity contribution in [2.45, 2.75) is 4.52 Å². The van der Waals surface area contributed by atoms with Gasteiger partial charge in [0.25, 0.3) is 10.4 Å². The van der Waals surface area contributed by atoms with Crippen molar-refractivity contribution >= 4 is 29.1 Å². The molecule has 0 spiro atoms. The zero-order valence-electron chi connectivity index (χ0n) is 4.15. The molecule has 0 saturated heterocycles. The average molecular weight is 158 g/mol. The molecule has 0 saturated carbocycles. The highest BCUT2D eigenvalue weighted by Crippen LogP contribution is 2.19. The second kappa shape index (κ2) is 2.53. The minimum absolute atomic E-state index is 0.914. The van der Waals surface area contributed by atoms with Crippen LogP contribution in [0.1, 0.15) is 0 Å². The van der Waals surface area contributed by atoms with Crippen LogP contribution in [0.4, 0.5) is 0 Å². The monoisotopic (exact) mass is 157 g/mol. The van der Waals surface area contributed by atoms with Crippen molar-refractivity contribution in [3.8, 4) is 0 Å². The first-order chi connectivity index (χ1) is 3.50. The lowest BCUT2D eigenvalue weighted by molar-refractivity contribution is -0.125. The van der Waals surface area contributed by atoms with Gasteiger partial charge in [0.15, 0.2) is 0 Å². The van der Waals surface area contributed by atoms with Gasteiger partial charge in [0.2, 0.25) is 0 Å². The summed E-state index contributed by atoms with van der Waals surface area (Å²) in [7, 11) is 1.19. The molecule has 0 aromatic heterocycles. The van der Waals surface area contributed by atoms with Crippen LogP contribution in [0, 0.1) is 0 Å². The van der Waals surface area contributed by atoms with Crippen molar-refractivity contribution in [2.75, 3.05) is 7.11 Å². The Morgan fingerprint density at radius 2 is 2.12 bits per heavy atom. The van der Waals surface area contributed by atoms with Gasteiger partial charge in [0.05, 0.1) is 0 Å². The lowest BCUT2D eigenvalue weighted by Gasteiger charge is -2.10. The van der Waals surface area contributed by atoms with Gasteiger partial charge >= 0.3 is 0 Å². The average Bonchev–Trinajstić information content (AvgIpc) is 1.67. The molecule has 0 radical (unpaired) electrons. The number of rotatable bonds is 2. The van der Waals surface area contributed by atoms with Crippen LogP contribution >= 0.6 is 23.2 Å². The minimum atomic E-state index is -1.87. The van der Waals surface area contributed by atoms with E-state index in [2.05, 4.69) is 10.5 Å². The van der Waals surface area contributed by atoms with E-state index < -0.39 is 10.4 Å². The van der Waals surface area contributed by atoms with Crippen molar-refractivity contribution in [1.82, 2.24) is 0 Å². The molecule has 2 N–H and O–H groups in total. The number of methoxy groups -OCH3 is 1. The van der Waals surface area contributed by atoms with Crippen LogP contribution in [-0.2, 0) is 9.53 Å². The van der Waals surface area contributed by atoms with Crippen LogP contribution in [-0.4, -0.2) is 17.5 Å². The predicted octanol–water partition coefficient (Wildman–Crippen LogP) is 0.250. The van der Waals surface area contributed by atoms with E-state index in [0.717, 1.165) is 0 Å². The second-order valence-electron chi connectivity index (χ2n) is 1.09. The number of alkyl halides is 2. The molecule has 0 atom stereocenters. The third-order valence-corrected chi connectivity index (χ3v) is 1.22. The highest BCUT2D eigenvalue weighted by molar-refractivity contribution is 6.56. The third kappa shape index (κ3) is 1.86. The van der Waals surface area contributed by atoms with Crippen LogP contribution in [0.5, 0.6) is 0 Å². The van der Waals surface area contributed by atoms with Crippen molar-refractivity contribution in [3.05, 3.63) is 0 Å². The van der Waals surface area contributed by atoms with Gasteiger partial charge in [-0.05, 0) is 0 Å². The summed E-state index contributed by atoms with van der Waals surface area (Å²) < 4.78 is 2.38. The van der Waals surface area contributed by atoms with Gasteiger partial charge < -0.3 is 10.5 Å². The second-order valence-corrected chi connectivity index (χ2v) is 2.34. The van der Waals surface area contributed by atoms with Crippen LogP contribution in [0.25, 0.3) is 0 Å². The van der Waals surface area contributed by atoms with E-state index in [1.54, 1.807) is 0 Å². The van der Waals surface area contributed by atoms with Crippen LogP contribution in [0.15, 0.2) is 0 Å². The van der Waals surface area contributed by atoms with Gasteiger partial charge in [-0.25, -0.2) is 0 Å². The molecule has 0 fully saturated rings. The maximum Gasteiger partial charge on any atom is 0.298 e. The number of carbonyl (C=O) groups excluding carboxylic acids is 1. The number of carbonyl (C=O) groups is 1. The molecule has 0 aliphatic heterocycles. The fourth-order valence-corrected chi connectivity index (χ4v) is 0.101. The van der Waals surface area contributed by atoms with Crippen molar-refractivity contribution < 1.29 is 9.53 Å². The zero-order chi connectivity index (χ0) is 6.78. The predicted molar refractivity (Wildman–Crippen MR) is 30.6 cm³/mol. The molecule has 0 bridgehead atoms. The van der Waals surface area contributed by atoms with E-state index in [4.69, 9.17) is 23.2 Å². The van der Waals surface area contributed by atoms with Gasteiger partial charge in [0, 0.05) is 7.11 Å². The topological polar surface area (TPSA) is 52.3 Å². The van der Waals surface area contributed by atoms with E-state index in [9.17, 15) is 4.79 Å². The number of primary amides is 1. The van der Waals surface area contributed by atoms with Gasteiger partial charge in [-0.1, -0.05) is 23.2 Å². The first kappa shape index (κ1) is 8.01. The normalized spacial score (nSPS) is 11.4. The van der Waals surface area contributed by atoms with Gasteiger partial charge in [0.1, 0.15) is 0 Å². The largest absolute Gasteiger partial charge is 0.365 e. The number of hydrogen-bond donors (Lipinski definition) is 1. The number of amides is 1. The SMILES string of the molecule is COC(Cl)(Cl)C(N)=O. The molecule has 0 aliphatic carbocycles.